The Kier molecular flexibility index (Phi) is 2.92. The molecule has 2 fully saturated rings. The number of nitrogens with zero attached hydrogens (tertiary/aromatic N) is 2. The number of hydrogen-bond acceptors (Lipinski definition) is 3. The van der Waals surface area contributed by atoms with E-state index < -0.39 is 0 Å². The molecule has 0 radical (unpaired) electrons. The maximum atomic E-state index is 9.29. The highest BCUT2D eigenvalue weighted by molar-refractivity contribution is 5.68. The summed E-state index contributed by atoms with van der Waals surface area (Å²) < 4.78 is 5.66. The zero-order chi connectivity index (χ0) is 14.4. The summed E-state index contributed by atoms with van der Waals surface area (Å²) in [5.74, 6) is 0. The van der Waals surface area contributed by atoms with E-state index in [1.165, 1.54) is 16.7 Å². The summed E-state index contributed by atoms with van der Waals surface area (Å²) in [6.45, 7) is 1.63. The maximum absolute atomic E-state index is 9.29. The second kappa shape index (κ2) is 4.69. The number of fused-ring (bicyclic) bond motifs is 2. The number of morpholine rings is 1. The average Bonchev–Trinajstić information content (AvgIpc) is 3.28. The van der Waals surface area contributed by atoms with Crippen molar-refractivity contribution < 1.29 is 4.74 Å². The predicted octanol–water partition coefficient (Wildman–Crippen LogP) is 2.73. The summed E-state index contributed by atoms with van der Waals surface area (Å²) in [6.07, 6.45) is 5.42. The number of rotatable bonds is 2. The van der Waals surface area contributed by atoms with Gasteiger partial charge in [-0.3, -0.25) is 4.90 Å². The third kappa shape index (κ3) is 2.10. The molecule has 2 bridgehead atoms. The highest BCUT2D eigenvalue weighted by Crippen LogP contribution is 2.47. The van der Waals surface area contributed by atoms with Crippen LogP contribution < -0.4 is 0 Å². The third-order valence-corrected chi connectivity index (χ3v) is 5.32. The van der Waals surface area contributed by atoms with Crippen LogP contribution in [-0.4, -0.2) is 37.2 Å². The van der Waals surface area contributed by atoms with Gasteiger partial charge >= 0.3 is 0 Å². The van der Waals surface area contributed by atoms with Crippen LogP contribution in [0.2, 0.25) is 0 Å². The lowest BCUT2D eigenvalue weighted by atomic mass is 9.88. The first-order valence-corrected chi connectivity index (χ1v) is 7.74. The number of ether oxygens (including phenoxy) is 1. The molecule has 0 N–H and O–H groups in total. The molecular weight excluding hydrogens is 260 g/mol. The van der Waals surface area contributed by atoms with Crippen molar-refractivity contribution >= 4 is 5.57 Å². The molecule has 4 rings (SSSR count). The van der Waals surface area contributed by atoms with Crippen LogP contribution in [0.3, 0.4) is 0 Å². The molecule has 3 nitrogen and oxygen atoms in total. The molecular formula is C18H20N2O. The Morgan fingerprint density at radius 2 is 2.00 bits per heavy atom. The molecule has 1 aliphatic carbocycles. The van der Waals surface area contributed by atoms with Crippen LogP contribution in [0.25, 0.3) is 5.57 Å². The molecule has 2 heterocycles. The molecule has 108 valence electrons. The average molecular weight is 280 g/mol. The smallest absolute Gasteiger partial charge is 0.0823 e. The highest BCUT2D eigenvalue weighted by Gasteiger charge is 2.44. The molecule has 2 aliphatic heterocycles. The normalized spacial score (nSPS) is 30.4. The van der Waals surface area contributed by atoms with Gasteiger partial charge in [-0.2, -0.15) is 5.26 Å². The van der Waals surface area contributed by atoms with E-state index in [1.54, 1.807) is 0 Å². The van der Waals surface area contributed by atoms with E-state index in [9.17, 15) is 5.26 Å². The van der Waals surface area contributed by atoms with Crippen molar-refractivity contribution in [2.45, 2.75) is 36.8 Å². The molecule has 3 heteroatoms. The lowest BCUT2D eigenvalue weighted by Gasteiger charge is -2.42. The number of likely N-dealkylation sites (N-methyl/N-ethyl adjacent to an activating group) is 1. The lowest BCUT2D eigenvalue weighted by molar-refractivity contribution is -0.0221. The zero-order valence-corrected chi connectivity index (χ0v) is 12.4. The number of nitriles is 1. The Hall–Kier alpha value is -1.63. The molecule has 0 spiro atoms. The van der Waals surface area contributed by atoms with Crippen molar-refractivity contribution in [2.75, 3.05) is 20.3 Å². The van der Waals surface area contributed by atoms with Crippen LogP contribution in [0.5, 0.6) is 0 Å². The number of benzene rings is 1. The molecule has 3 aliphatic rings. The SMILES string of the molecule is CN1C2C=C(c3ccc(C4(C#N)CC4)cc3)CC1COC2. The van der Waals surface area contributed by atoms with E-state index in [4.69, 9.17) is 4.74 Å². The molecule has 1 aromatic rings. The van der Waals surface area contributed by atoms with Crippen molar-refractivity contribution in [3.8, 4) is 6.07 Å². The molecule has 2 unspecified atom stereocenters. The topological polar surface area (TPSA) is 36.3 Å². The minimum Gasteiger partial charge on any atom is -0.378 e. The fourth-order valence-electron chi connectivity index (χ4n) is 3.56. The molecule has 21 heavy (non-hydrogen) atoms. The Morgan fingerprint density at radius 1 is 1.24 bits per heavy atom. The summed E-state index contributed by atoms with van der Waals surface area (Å²) in [5.41, 5.74) is 3.74. The van der Waals surface area contributed by atoms with Gasteiger partial charge in [-0.15, -0.1) is 0 Å². The van der Waals surface area contributed by atoms with Gasteiger partial charge in [-0.05, 0) is 43.0 Å². The first-order chi connectivity index (χ1) is 10.2. The van der Waals surface area contributed by atoms with Gasteiger partial charge in [0.05, 0.1) is 30.7 Å². The summed E-state index contributed by atoms with van der Waals surface area (Å²) in [5, 5.41) is 9.29. The summed E-state index contributed by atoms with van der Waals surface area (Å²) >= 11 is 0. The van der Waals surface area contributed by atoms with Gasteiger partial charge in [-0.25, -0.2) is 0 Å². The van der Waals surface area contributed by atoms with Crippen LogP contribution >= 0.6 is 0 Å². The van der Waals surface area contributed by atoms with E-state index >= 15 is 0 Å². The Balaban J connectivity index is 1.61. The fourth-order valence-corrected chi connectivity index (χ4v) is 3.56. The second-order valence-electron chi connectivity index (χ2n) is 6.59. The molecule has 1 saturated heterocycles. The summed E-state index contributed by atoms with van der Waals surface area (Å²) in [7, 11) is 2.19. The van der Waals surface area contributed by atoms with Crippen LogP contribution in [0.15, 0.2) is 30.3 Å². The fraction of sp³-hybridized carbons (Fsp3) is 0.500. The molecule has 1 aromatic carbocycles. The molecule has 0 amide bonds. The van der Waals surface area contributed by atoms with Crippen LogP contribution in [-0.2, 0) is 10.2 Å². The van der Waals surface area contributed by atoms with Crippen LogP contribution in [0.4, 0.5) is 0 Å². The van der Waals surface area contributed by atoms with Crippen molar-refractivity contribution in [3.05, 3.63) is 41.5 Å². The van der Waals surface area contributed by atoms with Gasteiger partial charge in [0.2, 0.25) is 0 Å². The van der Waals surface area contributed by atoms with Gasteiger partial charge in [0.25, 0.3) is 0 Å². The van der Waals surface area contributed by atoms with E-state index in [2.05, 4.69) is 48.4 Å². The van der Waals surface area contributed by atoms with Crippen LogP contribution in [0.1, 0.15) is 30.4 Å². The molecule has 1 saturated carbocycles. The van der Waals surface area contributed by atoms with Crippen molar-refractivity contribution in [1.29, 1.82) is 5.26 Å². The van der Waals surface area contributed by atoms with Crippen molar-refractivity contribution in [2.24, 2.45) is 0 Å². The van der Waals surface area contributed by atoms with Gasteiger partial charge in [0.15, 0.2) is 0 Å². The third-order valence-electron chi connectivity index (χ3n) is 5.32. The maximum Gasteiger partial charge on any atom is 0.0823 e. The minimum absolute atomic E-state index is 0.177. The van der Waals surface area contributed by atoms with E-state index in [1.807, 2.05) is 0 Å². The van der Waals surface area contributed by atoms with E-state index in [0.29, 0.717) is 12.1 Å². The largest absolute Gasteiger partial charge is 0.378 e. The lowest BCUT2D eigenvalue weighted by Crippen LogP contribution is -2.51. The summed E-state index contributed by atoms with van der Waals surface area (Å²) in [6, 6.07) is 12.1. The molecule has 0 aromatic heterocycles. The first-order valence-electron chi connectivity index (χ1n) is 7.74. The standard InChI is InChI=1S/C18H20N2O/c1-20-16-8-14(9-17(20)11-21-10-16)13-2-4-15(5-3-13)18(12-19)6-7-18/h2-5,8,16-17H,6-7,9-11H2,1H3. The molecule has 2 atom stereocenters. The monoisotopic (exact) mass is 280 g/mol. The van der Waals surface area contributed by atoms with Gasteiger partial charge in [0, 0.05) is 6.04 Å². The van der Waals surface area contributed by atoms with Gasteiger partial charge in [0.1, 0.15) is 0 Å². The predicted molar refractivity (Wildman–Crippen MR) is 81.7 cm³/mol. The van der Waals surface area contributed by atoms with E-state index in [0.717, 1.165) is 32.5 Å². The first kappa shape index (κ1) is 13.1. The van der Waals surface area contributed by atoms with E-state index in [-0.39, 0.29) is 5.41 Å². The Morgan fingerprint density at radius 3 is 2.62 bits per heavy atom. The van der Waals surface area contributed by atoms with Crippen molar-refractivity contribution in [3.63, 3.8) is 0 Å². The minimum atomic E-state index is -0.177. The quantitative estimate of drug-likeness (QED) is 0.835. The van der Waals surface area contributed by atoms with Gasteiger partial charge in [-0.1, -0.05) is 30.3 Å². The number of hydrogen-bond donors (Lipinski definition) is 0. The van der Waals surface area contributed by atoms with Crippen molar-refractivity contribution in [1.82, 2.24) is 4.90 Å². The Labute approximate surface area is 125 Å². The highest BCUT2D eigenvalue weighted by atomic mass is 16.5. The Bertz CT molecular complexity index is 622. The van der Waals surface area contributed by atoms with Gasteiger partial charge < -0.3 is 4.74 Å². The summed E-state index contributed by atoms with van der Waals surface area (Å²) in [4.78, 5) is 2.43. The van der Waals surface area contributed by atoms with Crippen LogP contribution in [0, 0.1) is 11.3 Å². The zero-order valence-electron chi connectivity index (χ0n) is 12.4. The second-order valence-corrected chi connectivity index (χ2v) is 6.59.